The molecule has 2 aromatic heterocycles. The van der Waals surface area contributed by atoms with Crippen LogP contribution in [0.5, 0.6) is 0 Å². The first-order valence-electron chi connectivity index (χ1n) is 13.1. The molecular weight excluding hydrogens is 472 g/mol. The van der Waals surface area contributed by atoms with Crippen molar-refractivity contribution in [3.8, 4) is 22.4 Å². The summed E-state index contributed by atoms with van der Waals surface area (Å²) in [7, 11) is 0. The minimum absolute atomic E-state index is 0.183. The predicted molar refractivity (Wildman–Crippen MR) is 153 cm³/mol. The van der Waals surface area contributed by atoms with Gasteiger partial charge < -0.3 is 16.2 Å². The Morgan fingerprint density at radius 3 is 2.58 bits per heavy atom. The summed E-state index contributed by atoms with van der Waals surface area (Å²) >= 11 is 0. The molecule has 1 aliphatic rings. The number of carbonyl (C=O) groups excluding carboxylic acids is 1. The van der Waals surface area contributed by atoms with Gasteiger partial charge in [-0.05, 0) is 79.5 Å². The molecule has 4 N–H and O–H groups in total. The van der Waals surface area contributed by atoms with Crippen LogP contribution >= 0.6 is 0 Å². The van der Waals surface area contributed by atoms with Gasteiger partial charge in [-0.3, -0.25) is 14.8 Å². The second-order valence-corrected chi connectivity index (χ2v) is 10.3. The van der Waals surface area contributed by atoms with Gasteiger partial charge in [-0.15, -0.1) is 0 Å². The number of aromatic nitrogens is 2. The lowest BCUT2D eigenvalue weighted by molar-refractivity contribution is 0.100. The van der Waals surface area contributed by atoms with Crippen molar-refractivity contribution in [2.45, 2.75) is 44.8 Å². The van der Waals surface area contributed by atoms with Crippen LogP contribution in [0.25, 0.3) is 44.1 Å². The van der Waals surface area contributed by atoms with Gasteiger partial charge in [0, 0.05) is 46.0 Å². The second kappa shape index (κ2) is 9.88. The van der Waals surface area contributed by atoms with Crippen LogP contribution < -0.4 is 11.1 Å². The number of nitrogens with zero attached hydrogens (tertiary/aromatic N) is 2. The Hall–Kier alpha value is -4.29. The van der Waals surface area contributed by atoms with Crippen LogP contribution in [0, 0.1) is 6.92 Å². The molecule has 6 rings (SSSR count). The molecule has 38 heavy (non-hydrogen) atoms. The van der Waals surface area contributed by atoms with Gasteiger partial charge in [-0.1, -0.05) is 36.4 Å². The minimum atomic E-state index is -0.470. The number of aryl methyl sites for hydroxylation is 1. The predicted octanol–water partition coefficient (Wildman–Crippen LogP) is 6.24. The molecule has 0 unspecified atom stereocenters. The molecule has 1 fully saturated rings. The lowest BCUT2D eigenvalue weighted by Gasteiger charge is -2.28. The number of carbonyl (C=O) groups is 1. The minimum Gasteiger partial charge on any atom is -0.393 e. The molecule has 1 aliphatic carbocycles. The molecule has 0 atom stereocenters. The van der Waals surface area contributed by atoms with E-state index in [1.165, 1.54) is 5.56 Å². The van der Waals surface area contributed by atoms with Crippen LogP contribution in [-0.4, -0.2) is 33.1 Å². The molecule has 1 amide bonds. The van der Waals surface area contributed by atoms with Crippen molar-refractivity contribution in [2.24, 2.45) is 5.73 Å². The maximum absolute atomic E-state index is 12.2. The fraction of sp³-hybridized carbons (Fsp3) is 0.219. The highest BCUT2D eigenvalue weighted by Gasteiger charge is 2.21. The molecule has 190 valence electrons. The largest absolute Gasteiger partial charge is 0.393 e. The SMILES string of the molecule is Cc1ccc2cc(-c3cccc4c(-c5ccc(C(N)=O)c(NC6CCC(O)CC6)c5)nccc34)cnc2c1. The Bertz CT molecular complexity index is 1670. The van der Waals surface area contributed by atoms with E-state index in [1.807, 2.05) is 36.7 Å². The number of nitrogens with two attached hydrogens (primary N) is 1. The molecule has 0 aliphatic heterocycles. The number of fused-ring (bicyclic) bond motifs is 2. The summed E-state index contributed by atoms with van der Waals surface area (Å²) in [6.45, 7) is 2.07. The number of anilines is 1. The quantitative estimate of drug-likeness (QED) is 0.264. The number of hydrogen-bond acceptors (Lipinski definition) is 5. The Balaban J connectivity index is 1.42. The summed E-state index contributed by atoms with van der Waals surface area (Å²) in [5.41, 5.74) is 12.9. The van der Waals surface area contributed by atoms with E-state index < -0.39 is 5.91 Å². The van der Waals surface area contributed by atoms with E-state index in [9.17, 15) is 9.90 Å². The third-order valence-corrected chi connectivity index (χ3v) is 7.57. The fourth-order valence-electron chi connectivity index (χ4n) is 5.53. The molecule has 0 radical (unpaired) electrons. The van der Waals surface area contributed by atoms with Gasteiger partial charge in [0.2, 0.25) is 0 Å². The van der Waals surface area contributed by atoms with Crippen LogP contribution in [-0.2, 0) is 0 Å². The van der Waals surface area contributed by atoms with Crippen LogP contribution in [0.15, 0.2) is 79.1 Å². The van der Waals surface area contributed by atoms with Crippen molar-refractivity contribution in [2.75, 3.05) is 5.32 Å². The summed E-state index contributed by atoms with van der Waals surface area (Å²) in [5.74, 6) is -0.470. The Labute approximate surface area is 221 Å². The van der Waals surface area contributed by atoms with Crippen molar-refractivity contribution in [3.63, 3.8) is 0 Å². The summed E-state index contributed by atoms with van der Waals surface area (Å²) in [4.78, 5) is 21.7. The van der Waals surface area contributed by atoms with Crippen molar-refractivity contribution in [3.05, 3.63) is 90.3 Å². The number of aliphatic hydroxyl groups is 1. The van der Waals surface area contributed by atoms with Gasteiger partial charge in [0.25, 0.3) is 5.91 Å². The third kappa shape index (κ3) is 4.59. The molecule has 6 heteroatoms. The van der Waals surface area contributed by atoms with Crippen molar-refractivity contribution >= 4 is 33.3 Å². The smallest absolute Gasteiger partial charge is 0.250 e. The van der Waals surface area contributed by atoms with Gasteiger partial charge in [0.1, 0.15) is 0 Å². The van der Waals surface area contributed by atoms with Crippen molar-refractivity contribution in [1.29, 1.82) is 0 Å². The number of nitrogens with one attached hydrogen (secondary N) is 1. The van der Waals surface area contributed by atoms with Gasteiger partial charge in [-0.25, -0.2) is 0 Å². The molecule has 1 saturated carbocycles. The first-order chi connectivity index (χ1) is 18.5. The Kier molecular flexibility index (Phi) is 6.26. The zero-order chi connectivity index (χ0) is 26.2. The number of pyridine rings is 2. The summed E-state index contributed by atoms with van der Waals surface area (Å²) in [5, 5.41) is 16.6. The van der Waals surface area contributed by atoms with Crippen LogP contribution in [0.4, 0.5) is 5.69 Å². The van der Waals surface area contributed by atoms with E-state index in [1.54, 1.807) is 6.07 Å². The zero-order valence-electron chi connectivity index (χ0n) is 21.3. The standard InChI is InChI=1S/C32H30N4O2/c1-19-5-6-20-16-22(18-35-29(20)15-19)25-3-2-4-27-26(25)13-14-34-31(27)21-7-12-28(32(33)38)30(17-21)36-23-8-10-24(37)11-9-23/h2-7,12-18,23-24,36-37H,8-11H2,1H3,(H2,33,38). The van der Waals surface area contributed by atoms with E-state index in [0.717, 1.165) is 69.7 Å². The topological polar surface area (TPSA) is 101 Å². The highest BCUT2D eigenvalue weighted by Crippen LogP contribution is 2.36. The Morgan fingerprint density at radius 1 is 0.921 bits per heavy atom. The first kappa shape index (κ1) is 24.1. The van der Waals surface area contributed by atoms with E-state index in [4.69, 9.17) is 15.7 Å². The number of amides is 1. The molecule has 3 aromatic carbocycles. The second-order valence-electron chi connectivity index (χ2n) is 10.3. The van der Waals surface area contributed by atoms with Crippen molar-refractivity contribution < 1.29 is 9.90 Å². The van der Waals surface area contributed by atoms with E-state index >= 15 is 0 Å². The third-order valence-electron chi connectivity index (χ3n) is 7.57. The van der Waals surface area contributed by atoms with E-state index in [2.05, 4.69) is 48.6 Å². The van der Waals surface area contributed by atoms with Crippen LogP contribution in [0.1, 0.15) is 41.6 Å². The first-order valence-corrected chi connectivity index (χ1v) is 13.1. The summed E-state index contributed by atoms with van der Waals surface area (Å²) in [6, 6.07) is 22.6. The number of primary amides is 1. The van der Waals surface area contributed by atoms with Gasteiger partial charge in [0.15, 0.2) is 0 Å². The molecule has 6 nitrogen and oxygen atoms in total. The van der Waals surface area contributed by atoms with Crippen molar-refractivity contribution in [1.82, 2.24) is 9.97 Å². The Morgan fingerprint density at radius 2 is 1.76 bits per heavy atom. The summed E-state index contributed by atoms with van der Waals surface area (Å²) < 4.78 is 0. The lowest BCUT2D eigenvalue weighted by Crippen LogP contribution is -2.29. The maximum atomic E-state index is 12.2. The molecule has 0 bridgehead atoms. The highest BCUT2D eigenvalue weighted by molar-refractivity contribution is 6.05. The van der Waals surface area contributed by atoms with Crippen LogP contribution in [0.2, 0.25) is 0 Å². The van der Waals surface area contributed by atoms with Gasteiger partial charge in [-0.2, -0.15) is 0 Å². The zero-order valence-corrected chi connectivity index (χ0v) is 21.3. The van der Waals surface area contributed by atoms with Gasteiger partial charge in [0.05, 0.1) is 22.9 Å². The van der Waals surface area contributed by atoms with E-state index in [0.29, 0.717) is 11.3 Å². The molecule has 0 spiro atoms. The number of aliphatic hydroxyl groups excluding tert-OH is 1. The number of hydrogen-bond donors (Lipinski definition) is 3. The van der Waals surface area contributed by atoms with Gasteiger partial charge >= 0.3 is 0 Å². The average Bonchev–Trinajstić information content (AvgIpc) is 2.93. The highest BCUT2D eigenvalue weighted by atomic mass is 16.3. The molecular formula is C32H30N4O2. The fourth-order valence-corrected chi connectivity index (χ4v) is 5.53. The number of benzene rings is 3. The normalized spacial score (nSPS) is 17.5. The molecule has 0 saturated heterocycles. The monoisotopic (exact) mass is 502 g/mol. The average molecular weight is 503 g/mol. The molecule has 2 heterocycles. The van der Waals surface area contributed by atoms with E-state index in [-0.39, 0.29) is 12.1 Å². The summed E-state index contributed by atoms with van der Waals surface area (Å²) in [6.07, 6.45) is 6.71. The number of rotatable bonds is 5. The lowest BCUT2D eigenvalue weighted by atomic mass is 9.92. The maximum Gasteiger partial charge on any atom is 0.250 e. The van der Waals surface area contributed by atoms with Crippen LogP contribution in [0.3, 0.4) is 0 Å². The molecule has 5 aromatic rings.